The van der Waals surface area contributed by atoms with E-state index in [1.54, 1.807) is 0 Å². The van der Waals surface area contributed by atoms with Crippen LogP contribution >= 0.6 is 22.9 Å². The van der Waals surface area contributed by atoms with Gasteiger partial charge in [-0.1, -0.05) is 11.3 Å². The highest BCUT2D eigenvalue weighted by atomic mass is 35.5. The van der Waals surface area contributed by atoms with Crippen LogP contribution in [0, 0.1) is 5.92 Å². The van der Waals surface area contributed by atoms with Gasteiger partial charge in [0.1, 0.15) is 0 Å². The molecule has 0 unspecified atom stereocenters. The van der Waals surface area contributed by atoms with Crippen molar-refractivity contribution in [1.82, 2.24) is 20.0 Å². The molecule has 1 saturated carbocycles. The molecule has 2 fully saturated rings. The van der Waals surface area contributed by atoms with Gasteiger partial charge in [-0.05, 0) is 30.4 Å². The molecule has 0 bridgehead atoms. The number of rotatable bonds is 3. The van der Waals surface area contributed by atoms with Crippen molar-refractivity contribution >= 4 is 28.8 Å². The number of piperazine rings is 1. The molecule has 7 heteroatoms. The molecular formula is C11H15ClN4OS. The zero-order chi connectivity index (χ0) is 12.5. The van der Waals surface area contributed by atoms with Gasteiger partial charge in [0.05, 0.1) is 0 Å². The molecule has 2 aliphatic rings. The van der Waals surface area contributed by atoms with E-state index in [-0.39, 0.29) is 5.91 Å². The summed E-state index contributed by atoms with van der Waals surface area (Å²) in [5, 5.41) is 7.87. The van der Waals surface area contributed by atoms with Crippen molar-refractivity contribution in [3.05, 3.63) is 9.47 Å². The van der Waals surface area contributed by atoms with Crippen LogP contribution in [0.25, 0.3) is 0 Å². The van der Waals surface area contributed by atoms with Crippen molar-refractivity contribution in [2.45, 2.75) is 12.8 Å². The van der Waals surface area contributed by atoms with E-state index < -0.39 is 0 Å². The van der Waals surface area contributed by atoms with Gasteiger partial charge < -0.3 is 4.90 Å². The normalized spacial score (nSPS) is 21.3. The molecule has 18 heavy (non-hydrogen) atoms. The third kappa shape index (κ3) is 2.81. The second-order valence-electron chi connectivity index (χ2n) is 4.90. The largest absolute Gasteiger partial charge is 0.334 e. The van der Waals surface area contributed by atoms with Gasteiger partial charge in [0.25, 0.3) is 5.91 Å². The Bertz CT molecular complexity index is 440. The van der Waals surface area contributed by atoms with Gasteiger partial charge in [-0.15, -0.1) is 10.2 Å². The molecule has 1 aromatic rings. The van der Waals surface area contributed by atoms with Crippen LogP contribution in [0.2, 0.25) is 4.47 Å². The van der Waals surface area contributed by atoms with Crippen LogP contribution in [-0.2, 0) is 0 Å². The minimum Gasteiger partial charge on any atom is -0.334 e. The first-order valence-electron chi connectivity index (χ1n) is 6.23. The van der Waals surface area contributed by atoms with E-state index in [0.717, 1.165) is 43.4 Å². The molecule has 1 amide bonds. The van der Waals surface area contributed by atoms with Crippen LogP contribution in [0.3, 0.4) is 0 Å². The van der Waals surface area contributed by atoms with Gasteiger partial charge in [0.15, 0.2) is 0 Å². The number of carbonyl (C=O) groups is 1. The average Bonchev–Trinajstić information content (AvgIpc) is 3.09. The lowest BCUT2D eigenvalue weighted by molar-refractivity contribution is 0.0631. The van der Waals surface area contributed by atoms with E-state index in [4.69, 9.17) is 11.6 Å². The van der Waals surface area contributed by atoms with Gasteiger partial charge in [0, 0.05) is 32.7 Å². The number of halogens is 1. The minimum atomic E-state index is -0.0366. The number of carbonyl (C=O) groups excluding carboxylic acids is 1. The topological polar surface area (TPSA) is 49.3 Å². The Labute approximate surface area is 115 Å². The van der Waals surface area contributed by atoms with Gasteiger partial charge in [-0.25, -0.2) is 0 Å². The number of amides is 1. The van der Waals surface area contributed by atoms with Crippen molar-refractivity contribution in [1.29, 1.82) is 0 Å². The molecular weight excluding hydrogens is 272 g/mol. The monoisotopic (exact) mass is 286 g/mol. The van der Waals surface area contributed by atoms with Crippen molar-refractivity contribution in [3.8, 4) is 0 Å². The number of hydrogen-bond acceptors (Lipinski definition) is 5. The quantitative estimate of drug-likeness (QED) is 0.842. The standard InChI is InChI=1S/C11H15ClN4OS/c12-11-14-13-9(18-11)10(17)16-5-3-15(4-6-16)7-8-1-2-8/h8H,1-7H2. The maximum Gasteiger partial charge on any atom is 0.284 e. The highest BCUT2D eigenvalue weighted by molar-refractivity contribution is 7.17. The molecule has 1 saturated heterocycles. The Morgan fingerprint density at radius 2 is 2.00 bits per heavy atom. The predicted octanol–water partition coefficient (Wildman–Crippen LogP) is 1.36. The van der Waals surface area contributed by atoms with E-state index in [0.29, 0.717) is 9.47 Å². The first-order chi connectivity index (χ1) is 8.72. The van der Waals surface area contributed by atoms with Crippen molar-refractivity contribution < 1.29 is 4.79 Å². The zero-order valence-electron chi connectivity index (χ0n) is 10.0. The maximum absolute atomic E-state index is 12.1. The summed E-state index contributed by atoms with van der Waals surface area (Å²) >= 11 is 6.85. The molecule has 0 atom stereocenters. The Morgan fingerprint density at radius 3 is 2.56 bits per heavy atom. The minimum absolute atomic E-state index is 0.0366. The summed E-state index contributed by atoms with van der Waals surface area (Å²) in [5.41, 5.74) is 0. The molecule has 1 aliphatic carbocycles. The van der Waals surface area contributed by atoms with E-state index in [1.165, 1.54) is 19.4 Å². The lowest BCUT2D eigenvalue weighted by Gasteiger charge is -2.34. The Hall–Kier alpha value is -0.720. The lowest BCUT2D eigenvalue weighted by Crippen LogP contribution is -2.49. The summed E-state index contributed by atoms with van der Waals surface area (Å²) in [6.07, 6.45) is 2.75. The SMILES string of the molecule is O=C(c1nnc(Cl)s1)N1CCN(CC2CC2)CC1. The smallest absolute Gasteiger partial charge is 0.284 e. The molecule has 0 aromatic carbocycles. The van der Waals surface area contributed by atoms with Crippen molar-refractivity contribution in [3.63, 3.8) is 0 Å². The zero-order valence-corrected chi connectivity index (χ0v) is 11.6. The van der Waals surface area contributed by atoms with Crippen molar-refractivity contribution in [2.24, 2.45) is 5.92 Å². The molecule has 1 aliphatic heterocycles. The second-order valence-corrected chi connectivity index (χ2v) is 6.46. The van der Waals surface area contributed by atoms with Crippen molar-refractivity contribution in [2.75, 3.05) is 32.7 Å². The van der Waals surface area contributed by atoms with Crippen LogP contribution in [0.15, 0.2) is 0 Å². The number of nitrogens with zero attached hydrogens (tertiary/aromatic N) is 4. The summed E-state index contributed by atoms with van der Waals surface area (Å²) in [6.45, 7) is 4.70. The lowest BCUT2D eigenvalue weighted by atomic mass is 10.3. The molecule has 0 spiro atoms. The van der Waals surface area contributed by atoms with Gasteiger partial charge in [0.2, 0.25) is 9.47 Å². The van der Waals surface area contributed by atoms with E-state index in [2.05, 4.69) is 15.1 Å². The summed E-state index contributed by atoms with van der Waals surface area (Å²) < 4.78 is 0.325. The summed E-state index contributed by atoms with van der Waals surface area (Å²) in [7, 11) is 0. The summed E-state index contributed by atoms with van der Waals surface area (Å²) in [4.78, 5) is 16.4. The highest BCUT2D eigenvalue weighted by Crippen LogP contribution is 2.30. The molecule has 5 nitrogen and oxygen atoms in total. The van der Waals surface area contributed by atoms with Crippen LogP contribution in [-0.4, -0.2) is 58.6 Å². The molecule has 3 rings (SSSR count). The Balaban J connectivity index is 1.53. The Morgan fingerprint density at radius 1 is 1.28 bits per heavy atom. The molecule has 2 heterocycles. The highest BCUT2D eigenvalue weighted by Gasteiger charge is 2.28. The van der Waals surface area contributed by atoms with Gasteiger partial charge in [-0.2, -0.15) is 0 Å². The number of aromatic nitrogens is 2. The molecule has 0 N–H and O–H groups in total. The average molecular weight is 287 g/mol. The first kappa shape index (κ1) is 12.3. The van der Waals surface area contributed by atoms with E-state index in [9.17, 15) is 4.79 Å². The summed E-state index contributed by atoms with van der Waals surface area (Å²) in [5.74, 6) is 0.875. The Kier molecular flexibility index (Phi) is 3.50. The fourth-order valence-electron chi connectivity index (χ4n) is 2.23. The number of hydrogen-bond donors (Lipinski definition) is 0. The first-order valence-corrected chi connectivity index (χ1v) is 7.42. The molecule has 98 valence electrons. The van der Waals surface area contributed by atoms with E-state index in [1.807, 2.05) is 4.90 Å². The third-order valence-electron chi connectivity index (χ3n) is 3.46. The third-order valence-corrected chi connectivity index (χ3v) is 4.46. The van der Waals surface area contributed by atoms with Gasteiger partial charge in [-0.3, -0.25) is 9.69 Å². The van der Waals surface area contributed by atoms with Gasteiger partial charge >= 0.3 is 0 Å². The predicted molar refractivity (Wildman–Crippen MR) is 70.0 cm³/mol. The van der Waals surface area contributed by atoms with Crippen LogP contribution in [0.5, 0.6) is 0 Å². The fraction of sp³-hybridized carbons (Fsp3) is 0.727. The van der Waals surface area contributed by atoms with E-state index >= 15 is 0 Å². The summed E-state index contributed by atoms with van der Waals surface area (Å²) in [6, 6.07) is 0. The van der Waals surface area contributed by atoms with Crippen LogP contribution in [0.4, 0.5) is 0 Å². The molecule has 1 aromatic heterocycles. The second kappa shape index (κ2) is 5.11. The molecule has 0 radical (unpaired) electrons. The van der Waals surface area contributed by atoms with Crippen LogP contribution < -0.4 is 0 Å². The maximum atomic E-state index is 12.1. The fourth-order valence-corrected chi connectivity index (χ4v) is 3.02. The van der Waals surface area contributed by atoms with Crippen LogP contribution in [0.1, 0.15) is 22.6 Å².